The van der Waals surface area contributed by atoms with Gasteiger partial charge in [0.15, 0.2) is 11.6 Å². The Hall–Kier alpha value is -2.83. The lowest BCUT2D eigenvalue weighted by atomic mass is 9.96. The molecule has 0 aliphatic carbocycles. The number of para-hydroxylation sites is 1. The van der Waals surface area contributed by atoms with Crippen LogP contribution >= 0.6 is 0 Å². The van der Waals surface area contributed by atoms with Crippen LogP contribution in [0.2, 0.25) is 0 Å². The van der Waals surface area contributed by atoms with Gasteiger partial charge in [-0.15, -0.1) is 0 Å². The normalized spacial score (nSPS) is 19.5. The van der Waals surface area contributed by atoms with Crippen LogP contribution in [0.1, 0.15) is 30.9 Å². The Morgan fingerprint density at radius 2 is 1.96 bits per heavy atom. The molecule has 7 heteroatoms. The van der Waals surface area contributed by atoms with E-state index in [1.807, 2.05) is 24.5 Å². The molecule has 3 heterocycles. The molecule has 2 N–H and O–H groups in total. The van der Waals surface area contributed by atoms with Gasteiger partial charge in [0.2, 0.25) is 0 Å². The van der Waals surface area contributed by atoms with Crippen molar-refractivity contribution in [3.63, 3.8) is 0 Å². The first kappa shape index (κ1) is 18.5. The number of amides is 2. The van der Waals surface area contributed by atoms with Crippen LogP contribution in [0.5, 0.6) is 5.75 Å². The van der Waals surface area contributed by atoms with E-state index in [9.17, 15) is 9.18 Å². The number of fused-ring (bicyclic) bond motifs is 1. The zero-order valence-electron chi connectivity index (χ0n) is 15.7. The monoisotopic (exact) mass is 384 g/mol. The summed E-state index contributed by atoms with van der Waals surface area (Å²) in [5, 5.41) is 5.95. The summed E-state index contributed by atoms with van der Waals surface area (Å²) in [6.45, 7) is 3.00. The highest BCUT2D eigenvalue weighted by Gasteiger charge is 2.26. The van der Waals surface area contributed by atoms with E-state index < -0.39 is 0 Å². The van der Waals surface area contributed by atoms with Crippen LogP contribution in [0.3, 0.4) is 0 Å². The summed E-state index contributed by atoms with van der Waals surface area (Å²) in [6, 6.07) is 8.44. The Morgan fingerprint density at radius 3 is 2.75 bits per heavy atom. The number of nitrogens with zero attached hydrogens (tertiary/aromatic N) is 2. The third-order valence-electron chi connectivity index (χ3n) is 5.52. The third kappa shape index (κ3) is 4.18. The minimum Gasteiger partial charge on any atom is -0.490 e. The molecule has 0 bridgehead atoms. The number of benzene rings is 1. The van der Waals surface area contributed by atoms with E-state index in [4.69, 9.17) is 4.74 Å². The predicted octanol–water partition coefficient (Wildman–Crippen LogP) is 3.26. The first-order valence-electron chi connectivity index (χ1n) is 9.81. The fourth-order valence-corrected chi connectivity index (χ4v) is 3.93. The van der Waals surface area contributed by atoms with Crippen LogP contribution in [-0.4, -0.2) is 37.3 Å². The molecular formula is C21H25FN4O2. The van der Waals surface area contributed by atoms with Gasteiger partial charge in [-0.25, -0.2) is 9.18 Å². The van der Waals surface area contributed by atoms with Crippen LogP contribution in [0.15, 0.2) is 42.7 Å². The fourth-order valence-electron chi connectivity index (χ4n) is 3.93. The standard InChI is InChI=1S/C21H25FN4O2/c22-18-3-1-2-17-19(8-13-28-20(17)18)25-21(27)24-14-15-6-11-26(12-7-15)16-4-9-23-10-5-16/h1-5,9-10,15,19H,6-8,11-14H2,(H2,24,25,27)/t19-/m0/s1. The number of hydrogen-bond donors (Lipinski definition) is 2. The number of nitrogens with one attached hydrogen (secondary N) is 2. The molecule has 4 rings (SSSR count). The van der Waals surface area contributed by atoms with Crippen LogP contribution in [0, 0.1) is 11.7 Å². The predicted molar refractivity (Wildman–Crippen MR) is 105 cm³/mol. The highest BCUT2D eigenvalue weighted by molar-refractivity contribution is 5.74. The second-order valence-corrected chi connectivity index (χ2v) is 7.34. The van der Waals surface area contributed by atoms with Crippen molar-refractivity contribution in [2.45, 2.75) is 25.3 Å². The van der Waals surface area contributed by atoms with E-state index >= 15 is 0 Å². The van der Waals surface area contributed by atoms with Crippen molar-refractivity contribution in [3.05, 3.63) is 54.1 Å². The fraction of sp³-hybridized carbons (Fsp3) is 0.429. The quantitative estimate of drug-likeness (QED) is 0.849. The maximum atomic E-state index is 13.9. The lowest BCUT2D eigenvalue weighted by molar-refractivity contribution is 0.217. The molecule has 2 aliphatic heterocycles. The molecule has 6 nitrogen and oxygen atoms in total. The molecule has 0 saturated carbocycles. The van der Waals surface area contributed by atoms with Crippen molar-refractivity contribution < 1.29 is 13.9 Å². The number of anilines is 1. The highest BCUT2D eigenvalue weighted by Crippen LogP contribution is 2.33. The summed E-state index contributed by atoms with van der Waals surface area (Å²) in [5.74, 6) is 0.330. The second-order valence-electron chi connectivity index (χ2n) is 7.34. The lowest BCUT2D eigenvalue weighted by Crippen LogP contribution is -2.43. The zero-order chi connectivity index (χ0) is 19.3. The summed E-state index contributed by atoms with van der Waals surface area (Å²) in [7, 11) is 0. The van der Waals surface area contributed by atoms with E-state index in [0.29, 0.717) is 31.1 Å². The molecule has 2 amide bonds. The van der Waals surface area contributed by atoms with Gasteiger partial charge >= 0.3 is 6.03 Å². The van der Waals surface area contributed by atoms with Gasteiger partial charge in [-0.2, -0.15) is 0 Å². The molecule has 1 fully saturated rings. The molecular weight excluding hydrogens is 359 g/mol. The molecule has 1 atom stereocenters. The van der Waals surface area contributed by atoms with Crippen molar-refractivity contribution in [2.75, 3.05) is 31.1 Å². The number of piperidine rings is 1. The van der Waals surface area contributed by atoms with Gasteiger partial charge in [0.05, 0.1) is 12.6 Å². The summed E-state index contributed by atoms with van der Waals surface area (Å²) >= 11 is 0. The molecule has 2 aliphatic rings. The largest absolute Gasteiger partial charge is 0.490 e. The number of urea groups is 1. The van der Waals surface area contributed by atoms with E-state index in [-0.39, 0.29) is 23.6 Å². The average molecular weight is 384 g/mol. The number of ether oxygens (including phenoxy) is 1. The number of aromatic nitrogens is 1. The number of halogens is 1. The number of carbonyl (C=O) groups is 1. The minimum atomic E-state index is -0.384. The van der Waals surface area contributed by atoms with Crippen molar-refractivity contribution >= 4 is 11.7 Å². The molecule has 28 heavy (non-hydrogen) atoms. The number of carbonyl (C=O) groups excluding carboxylic acids is 1. The molecule has 2 aromatic rings. The smallest absolute Gasteiger partial charge is 0.315 e. The molecule has 0 radical (unpaired) electrons. The topological polar surface area (TPSA) is 66.5 Å². The van der Waals surface area contributed by atoms with E-state index in [1.54, 1.807) is 12.1 Å². The molecule has 1 aromatic carbocycles. The Kier molecular flexibility index (Phi) is 5.60. The van der Waals surface area contributed by atoms with Crippen LogP contribution < -0.4 is 20.3 Å². The van der Waals surface area contributed by atoms with E-state index in [1.165, 1.54) is 11.8 Å². The van der Waals surface area contributed by atoms with Crippen molar-refractivity contribution in [1.82, 2.24) is 15.6 Å². The van der Waals surface area contributed by atoms with Crippen LogP contribution in [0.4, 0.5) is 14.9 Å². The molecule has 1 aromatic heterocycles. The molecule has 1 saturated heterocycles. The summed E-state index contributed by atoms with van der Waals surface area (Å²) in [4.78, 5) is 18.8. The van der Waals surface area contributed by atoms with Crippen LogP contribution in [-0.2, 0) is 0 Å². The Bertz CT molecular complexity index is 809. The third-order valence-corrected chi connectivity index (χ3v) is 5.52. The first-order chi connectivity index (χ1) is 13.7. The Balaban J connectivity index is 1.25. The highest BCUT2D eigenvalue weighted by atomic mass is 19.1. The number of hydrogen-bond acceptors (Lipinski definition) is 4. The van der Waals surface area contributed by atoms with Gasteiger partial charge in [0, 0.05) is 49.7 Å². The summed E-state index contributed by atoms with van der Waals surface area (Å²) < 4.78 is 19.3. The minimum absolute atomic E-state index is 0.210. The van der Waals surface area contributed by atoms with Gasteiger partial charge < -0.3 is 20.3 Å². The zero-order valence-corrected chi connectivity index (χ0v) is 15.7. The van der Waals surface area contributed by atoms with Gasteiger partial charge in [0.25, 0.3) is 0 Å². The first-order valence-corrected chi connectivity index (χ1v) is 9.81. The van der Waals surface area contributed by atoms with Crippen molar-refractivity contribution in [1.29, 1.82) is 0 Å². The Labute approximate surface area is 164 Å². The Morgan fingerprint density at radius 1 is 1.18 bits per heavy atom. The molecule has 148 valence electrons. The van der Waals surface area contributed by atoms with Gasteiger partial charge in [0.1, 0.15) is 0 Å². The SMILES string of the molecule is O=C(NCC1CCN(c2ccncc2)CC1)N[C@H]1CCOc2c(F)cccc21. The molecule has 0 unspecified atom stereocenters. The van der Waals surface area contributed by atoms with Gasteiger partial charge in [-0.3, -0.25) is 4.98 Å². The summed E-state index contributed by atoms with van der Waals surface area (Å²) in [5.41, 5.74) is 1.90. The van der Waals surface area contributed by atoms with Gasteiger partial charge in [-0.05, 0) is 37.0 Å². The number of rotatable bonds is 4. The maximum Gasteiger partial charge on any atom is 0.315 e. The van der Waals surface area contributed by atoms with E-state index in [2.05, 4.69) is 20.5 Å². The second kappa shape index (κ2) is 8.46. The maximum absolute atomic E-state index is 13.9. The van der Waals surface area contributed by atoms with Gasteiger partial charge in [-0.1, -0.05) is 12.1 Å². The number of pyridine rings is 1. The van der Waals surface area contributed by atoms with Crippen LogP contribution in [0.25, 0.3) is 0 Å². The van der Waals surface area contributed by atoms with Crippen molar-refractivity contribution in [3.8, 4) is 5.75 Å². The van der Waals surface area contributed by atoms with Crippen molar-refractivity contribution in [2.24, 2.45) is 5.92 Å². The van der Waals surface area contributed by atoms with E-state index in [0.717, 1.165) is 25.9 Å². The lowest BCUT2D eigenvalue weighted by Gasteiger charge is -2.33. The molecule has 0 spiro atoms. The summed E-state index contributed by atoms with van der Waals surface area (Å²) in [6.07, 6.45) is 6.33. The average Bonchev–Trinajstić information content (AvgIpc) is 2.74.